The summed E-state index contributed by atoms with van der Waals surface area (Å²) in [7, 11) is 0. The molecule has 5 heteroatoms. The Bertz CT molecular complexity index is 675. The van der Waals surface area contributed by atoms with E-state index in [0.717, 1.165) is 12.0 Å². The summed E-state index contributed by atoms with van der Waals surface area (Å²) in [6.07, 6.45) is 1.76. The molecule has 0 radical (unpaired) electrons. The van der Waals surface area contributed by atoms with Crippen LogP contribution in [0.3, 0.4) is 0 Å². The van der Waals surface area contributed by atoms with E-state index < -0.39 is 12.0 Å². The van der Waals surface area contributed by atoms with Gasteiger partial charge in [0.1, 0.15) is 5.58 Å². The average molecular weight is 261 g/mol. The van der Waals surface area contributed by atoms with Crippen LogP contribution in [0.1, 0.15) is 30.5 Å². The van der Waals surface area contributed by atoms with Crippen molar-refractivity contribution in [2.45, 2.75) is 25.8 Å². The minimum Gasteiger partial charge on any atom is -0.481 e. The van der Waals surface area contributed by atoms with Gasteiger partial charge in [-0.3, -0.25) is 9.59 Å². The number of carbonyl (C=O) groups is 1. The maximum Gasteiger partial charge on any atom is 0.305 e. The summed E-state index contributed by atoms with van der Waals surface area (Å²) in [6.45, 7) is 1.99. The molecule has 1 aromatic carbocycles. The van der Waals surface area contributed by atoms with E-state index in [4.69, 9.17) is 15.3 Å². The first-order chi connectivity index (χ1) is 9.02. The van der Waals surface area contributed by atoms with E-state index in [1.807, 2.05) is 13.0 Å². The van der Waals surface area contributed by atoms with Gasteiger partial charge in [0.15, 0.2) is 5.43 Å². The van der Waals surface area contributed by atoms with E-state index in [9.17, 15) is 9.59 Å². The average Bonchev–Trinajstić information content (AvgIpc) is 2.38. The molecule has 1 unspecified atom stereocenters. The van der Waals surface area contributed by atoms with Crippen molar-refractivity contribution in [1.29, 1.82) is 0 Å². The van der Waals surface area contributed by atoms with Gasteiger partial charge in [-0.25, -0.2) is 0 Å². The molecule has 0 aliphatic heterocycles. The predicted octanol–water partition coefficient (Wildman–Crippen LogP) is 1.83. The topological polar surface area (TPSA) is 93.5 Å². The van der Waals surface area contributed by atoms with E-state index >= 15 is 0 Å². The largest absolute Gasteiger partial charge is 0.481 e. The fraction of sp³-hybridized carbons (Fsp3) is 0.286. The number of aliphatic carboxylic acids is 1. The molecule has 0 saturated carbocycles. The number of nitrogens with two attached hydrogens (primary N) is 1. The summed E-state index contributed by atoms with van der Waals surface area (Å²) in [6, 6.07) is 4.53. The van der Waals surface area contributed by atoms with Crippen LogP contribution in [0.5, 0.6) is 0 Å². The minimum absolute atomic E-state index is 0.197. The third-order valence-corrected chi connectivity index (χ3v) is 3.07. The summed E-state index contributed by atoms with van der Waals surface area (Å²) >= 11 is 0. The van der Waals surface area contributed by atoms with Crippen LogP contribution in [-0.2, 0) is 11.2 Å². The zero-order valence-electron chi connectivity index (χ0n) is 10.6. The minimum atomic E-state index is -1.05. The zero-order chi connectivity index (χ0) is 14.0. The van der Waals surface area contributed by atoms with Gasteiger partial charge in [0.05, 0.1) is 23.6 Å². The first-order valence-electron chi connectivity index (χ1n) is 6.04. The lowest BCUT2D eigenvalue weighted by molar-refractivity contribution is -0.137. The zero-order valence-corrected chi connectivity index (χ0v) is 10.6. The molecule has 0 aliphatic rings. The van der Waals surface area contributed by atoms with Crippen LogP contribution in [0.15, 0.2) is 33.7 Å². The first kappa shape index (κ1) is 13.3. The Labute approximate surface area is 109 Å². The Morgan fingerprint density at radius 1 is 1.47 bits per heavy atom. The summed E-state index contributed by atoms with van der Waals surface area (Å²) in [4.78, 5) is 22.9. The molecule has 2 aromatic rings. The fourth-order valence-corrected chi connectivity index (χ4v) is 1.97. The highest BCUT2D eigenvalue weighted by molar-refractivity contribution is 5.78. The molecular weight excluding hydrogens is 246 g/mol. The van der Waals surface area contributed by atoms with Gasteiger partial charge in [-0.2, -0.15) is 0 Å². The highest BCUT2D eigenvalue weighted by Gasteiger charge is 2.16. The molecule has 1 atom stereocenters. The van der Waals surface area contributed by atoms with Gasteiger partial charge >= 0.3 is 5.97 Å². The second-order valence-corrected chi connectivity index (χ2v) is 4.41. The van der Waals surface area contributed by atoms with Crippen molar-refractivity contribution in [2.75, 3.05) is 0 Å². The maximum absolute atomic E-state index is 12.3. The van der Waals surface area contributed by atoms with E-state index in [2.05, 4.69) is 0 Å². The van der Waals surface area contributed by atoms with Gasteiger partial charge < -0.3 is 15.3 Å². The monoisotopic (exact) mass is 261 g/mol. The second-order valence-electron chi connectivity index (χ2n) is 4.41. The third-order valence-electron chi connectivity index (χ3n) is 3.07. The molecule has 5 nitrogen and oxygen atoms in total. The summed E-state index contributed by atoms with van der Waals surface area (Å²) in [5.41, 5.74) is 7.15. The molecule has 0 saturated heterocycles. The molecule has 1 heterocycles. The number of aryl methyl sites for hydroxylation is 1. The SMILES string of the molecule is CCc1ccc2occ(C(N)CC(=O)O)c(=O)c2c1. The number of hydrogen-bond donors (Lipinski definition) is 2. The molecule has 0 aliphatic carbocycles. The standard InChI is InChI=1S/C14H15NO4/c1-2-8-3-4-12-9(5-8)14(18)10(7-19-12)11(15)6-13(16)17/h3-5,7,11H,2,6,15H2,1H3,(H,16,17). The number of fused-ring (bicyclic) bond motifs is 1. The number of hydrogen-bond acceptors (Lipinski definition) is 4. The quantitative estimate of drug-likeness (QED) is 0.875. The smallest absolute Gasteiger partial charge is 0.305 e. The molecule has 1 aromatic heterocycles. The molecule has 3 N–H and O–H groups in total. The highest BCUT2D eigenvalue weighted by Crippen LogP contribution is 2.17. The van der Waals surface area contributed by atoms with Gasteiger partial charge in [-0.15, -0.1) is 0 Å². The molecular formula is C14H15NO4. The second kappa shape index (κ2) is 5.24. The van der Waals surface area contributed by atoms with Crippen molar-refractivity contribution in [3.8, 4) is 0 Å². The lowest BCUT2D eigenvalue weighted by atomic mass is 10.0. The number of benzene rings is 1. The number of rotatable bonds is 4. The van der Waals surface area contributed by atoms with Gasteiger partial charge in [0.2, 0.25) is 0 Å². The fourth-order valence-electron chi connectivity index (χ4n) is 1.97. The van der Waals surface area contributed by atoms with Crippen LogP contribution in [0.25, 0.3) is 11.0 Å². The Morgan fingerprint density at radius 3 is 2.84 bits per heavy atom. The molecule has 0 amide bonds. The van der Waals surface area contributed by atoms with Crippen molar-refractivity contribution in [1.82, 2.24) is 0 Å². The molecule has 19 heavy (non-hydrogen) atoms. The predicted molar refractivity (Wildman–Crippen MR) is 71.0 cm³/mol. The van der Waals surface area contributed by atoms with E-state index in [1.165, 1.54) is 6.26 Å². The molecule has 0 spiro atoms. The molecule has 2 rings (SSSR count). The molecule has 100 valence electrons. The van der Waals surface area contributed by atoms with Crippen LogP contribution in [0, 0.1) is 0 Å². The normalized spacial score (nSPS) is 12.5. The summed E-state index contributed by atoms with van der Waals surface area (Å²) in [5, 5.41) is 9.16. The highest BCUT2D eigenvalue weighted by atomic mass is 16.4. The summed E-state index contributed by atoms with van der Waals surface area (Å²) < 4.78 is 5.35. The van der Waals surface area contributed by atoms with Crippen molar-refractivity contribution in [2.24, 2.45) is 5.73 Å². The van der Waals surface area contributed by atoms with Gasteiger partial charge in [0.25, 0.3) is 0 Å². The van der Waals surface area contributed by atoms with E-state index in [1.54, 1.807) is 12.1 Å². The van der Waals surface area contributed by atoms with Crippen molar-refractivity contribution >= 4 is 16.9 Å². The molecule has 0 fully saturated rings. The van der Waals surface area contributed by atoms with Crippen molar-refractivity contribution in [3.05, 3.63) is 45.8 Å². The Balaban J connectivity index is 2.55. The summed E-state index contributed by atoms with van der Waals surface area (Å²) in [5.74, 6) is -1.05. The third kappa shape index (κ3) is 2.66. The maximum atomic E-state index is 12.3. The Kier molecular flexibility index (Phi) is 3.66. The van der Waals surface area contributed by atoms with Crippen LogP contribution in [-0.4, -0.2) is 11.1 Å². The van der Waals surface area contributed by atoms with Crippen molar-refractivity contribution < 1.29 is 14.3 Å². The Morgan fingerprint density at radius 2 is 2.21 bits per heavy atom. The van der Waals surface area contributed by atoms with Crippen LogP contribution < -0.4 is 11.2 Å². The number of carboxylic acids is 1. The van der Waals surface area contributed by atoms with Crippen LogP contribution in [0.2, 0.25) is 0 Å². The lowest BCUT2D eigenvalue weighted by Crippen LogP contribution is -2.22. The van der Waals surface area contributed by atoms with Crippen molar-refractivity contribution in [3.63, 3.8) is 0 Å². The first-order valence-corrected chi connectivity index (χ1v) is 6.04. The number of carboxylic acid groups (broad SMARTS) is 1. The lowest BCUT2D eigenvalue weighted by Gasteiger charge is -2.09. The van der Waals surface area contributed by atoms with Crippen LogP contribution >= 0.6 is 0 Å². The van der Waals surface area contributed by atoms with Crippen LogP contribution in [0.4, 0.5) is 0 Å². The van der Waals surface area contributed by atoms with E-state index in [-0.39, 0.29) is 17.4 Å². The van der Waals surface area contributed by atoms with Gasteiger partial charge in [0, 0.05) is 6.04 Å². The van der Waals surface area contributed by atoms with Gasteiger partial charge in [-0.05, 0) is 24.1 Å². The molecule has 0 bridgehead atoms. The van der Waals surface area contributed by atoms with E-state index in [0.29, 0.717) is 11.0 Å². The Hall–Kier alpha value is -2.14. The van der Waals surface area contributed by atoms with Gasteiger partial charge in [-0.1, -0.05) is 13.0 Å².